The summed E-state index contributed by atoms with van der Waals surface area (Å²) in [4.78, 5) is 11.5. The van der Waals surface area contributed by atoms with E-state index in [1.807, 2.05) is 6.92 Å². The van der Waals surface area contributed by atoms with Crippen LogP contribution in [0.5, 0.6) is 0 Å². The number of rotatable bonds is 5. The van der Waals surface area contributed by atoms with Crippen LogP contribution in [0.25, 0.3) is 0 Å². The fourth-order valence-corrected chi connectivity index (χ4v) is 1.99. The van der Waals surface area contributed by atoms with Crippen molar-refractivity contribution < 1.29 is 13.2 Å². The fourth-order valence-electron chi connectivity index (χ4n) is 1.44. The Kier molecular flexibility index (Phi) is 4.50. The Morgan fingerprint density at radius 3 is 2.56 bits per heavy atom. The molecule has 1 heterocycles. The normalized spacial score (nSPS) is 13.6. The smallest absolute Gasteiger partial charge is 0.240 e. The molecule has 1 rings (SSSR count). The molecule has 1 N–H and O–H groups in total. The maximum atomic E-state index is 11.5. The SMILES string of the molecule is CC(C)C(C)n1nccc1NC(=O)CS(C)(=O)=O. The zero-order valence-corrected chi connectivity index (χ0v) is 11.9. The van der Waals surface area contributed by atoms with Crippen molar-refractivity contribution in [2.75, 3.05) is 17.3 Å². The lowest BCUT2D eigenvalue weighted by Crippen LogP contribution is -2.25. The summed E-state index contributed by atoms with van der Waals surface area (Å²) in [5, 5.41) is 6.70. The third-order valence-electron chi connectivity index (χ3n) is 2.68. The number of nitrogens with zero attached hydrogens (tertiary/aromatic N) is 2. The second-order valence-electron chi connectivity index (χ2n) is 4.76. The largest absolute Gasteiger partial charge is 0.310 e. The van der Waals surface area contributed by atoms with Crippen LogP contribution in [0, 0.1) is 5.92 Å². The molecule has 0 fully saturated rings. The van der Waals surface area contributed by atoms with Gasteiger partial charge in [-0.2, -0.15) is 5.10 Å². The first-order chi connectivity index (χ1) is 8.20. The van der Waals surface area contributed by atoms with Gasteiger partial charge in [-0.25, -0.2) is 13.1 Å². The minimum atomic E-state index is -3.32. The maximum absolute atomic E-state index is 11.5. The van der Waals surface area contributed by atoms with Gasteiger partial charge in [-0.15, -0.1) is 0 Å². The van der Waals surface area contributed by atoms with E-state index in [1.54, 1.807) is 16.9 Å². The van der Waals surface area contributed by atoms with E-state index in [1.165, 1.54) is 0 Å². The van der Waals surface area contributed by atoms with Crippen molar-refractivity contribution in [2.45, 2.75) is 26.8 Å². The summed E-state index contributed by atoms with van der Waals surface area (Å²) in [6.45, 7) is 6.09. The molecule has 0 aliphatic rings. The number of amides is 1. The molecule has 6 nitrogen and oxygen atoms in total. The first-order valence-electron chi connectivity index (χ1n) is 5.72. The van der Waals surface area contributed by atoms with E-state index in [0.717, 1.165) is 6.26 Å². The van der Waals surface area contributed by atoms with E-state index in [4.69, 9.17) is 0 Å². The predicted octanol–water partition coefficient (Wildman–Crippen LogP) is 1.08. The van der Waals surface area contributed by atoms with Gasteiger partial charge < -0.3 is 5.32 Å². The van der Waals surface area contributed by atoms with Crippen LogP contribution in [0.3, 0.4) is 0 Å². The first kappa shape index (κ1) is 14.7. The molecule has 1 atom stereocenters. The van der Waals surface area contributed by atoms with Crippen LogP contribution in [0.15, 0.2) is 12.3 Å². The number of sulfone groups is 1. The number of aromatic nitrogens is 2. The molecule has 1 unspecified atom stereocenters. The summed E-state index contributed by atoms with van der Waals surface area (Å²) in [5.41, 5.74) is 0. The number of carbonyl (C=O) groups excluding carboxylic acids is 1. The maximum Gasteiger partial charge on any atom is 0.240 e. The van der Waals surface area contributed by atoms with Crippen LogP contribution in [0.4, 0.5) is 5.82 Å². The number of anilines is 1. The molecule has 0 saturated carbocycles. The van der Waals surface area contributed by atoms with Crippen molar-refractivity contribution >= 4 is 21.6 Å². The van der Waals surface area contributed by atoms with Crippen molar-refractivity contribution in [3.63, 3.8) is 0 Å². The van der Waals surface area contributed by atoms with E-state index >= 15 is 0 Å². The van der Waals surface area contributed by atoms with Crippen LogP contribution in [0.1, 0.15) is 26.8 Å². The van der Waals surface area contributed by atoms with Crippen LogP contribution in [-0.2, 0) is 14.6 Å². The number of nitrogens with one attached hydrogen (secondary N) is 1. The van der Waals surface area contributed by atoms with Gasteiger partial charge >= 0.3 is 0 Å². The molecule has 0 spiro atoms. The van der Waals surface area contributed by atoms with Crippen LogP contribution in [0.2, 0.25) is 0 Å². The van der Waals surface area contributed by atoms with Crippen LogP contribution >= 0.6 is 0 Å². The Bertz CT molecular complexity index is 519. The molecule has 7 heteroatoms. The predicted molar refractivity (Wildman–Crippen MR) is 70.1 cm³/mol. The van der Waals surface area contributed by atoms with Gasteiger partial charge in [0.25, 0.3) is 0 Å². The van der Waals surface area contributed by atoms with Gasteiger partial charge in [-0.05, 0) is 12.8 Å². The molecule has 1 aromatic heterocycles. The lowest BCUT2D eigenvalue weighted by Gasteiger charge is -2.19. The molecule has 0 aliphatic heterocycles. The zero-order chi connectivity index (χ0) is 13.9. The summed E-state index contributed by atoms with van der Waals surface area (Å²) < 4.78 is 23.7. The Labute approximate surface area is 107 Å². The first-order valence-corrected chi connectivity index (χ1v) is 7.78. The highest BCUT2D eigenvalue weighted by molar-refractivity contribution is 7.91. The Morgan fingerprint density at radius 2 is 2.06 bits per heavy atom. The fraction of sp³-hybridized carbons (Fsp3) is 0.636. The van der Waals surface area contributed by atoms with Gasteiger partial charge in [-0.3, -0.25) is 4.79 Å². The third-order valence-corrected chi connectivity index (χ3v) is 3.47. The van der Waals surface area contributed by atoms with Gasteiger partial charge in [0, 0.05) is 12.3 Å². The average Bonchev–Trinajstić information content (AvgIpc) is 2.61. The summed E-state index contributed by atoms with van der Waals surface area (Å²) in [6.07, 6.45) is 2.61. The molecular weight excluding hydrogens is 254 g/mol. The van der Waals surface area contributed by atoms with Gasteiger partial charge in [0.05, 0.1) is 12.2 Å². The monoisotopic (exact) mass is 273 g/mol. The molecule has 0 saturated heterocycles. The van der Waals surface area contributed by atoms with Crippen molar-refractivity contribution in [2.24, 2.45) is 5.92 Å². The Morgan fingerprint density at radius 1 is 1.44 bits per heavy atom. The zero-order valence-electron chi connectivity index (χ0n) is 11.0. The Hall–Kier alpha value is -1.37. The summed E-state index contributed by atoms with van der Waals surface area (Å²) >= 11 is 0. The summed E-state index contributed by atoms with van der Waals surface area (Å²) in [7, 11) is -3.32. The quantitative estimate of drug-likeness (QED) is 0.870. The molecular formula is C11H19N3O3S. The van der Waals surface area contributed by atoms with Crippen molar-refractivity contribution in [1.29, 1.82) is 0 Å². The standard InChI is InChI=1S/C11H19N3O3S/c1-8(2)9(3)14-10(5-6-12-14)13-11(15)7-18(4,16)17/h5-6,8-9H,7H2,1-4H3,(H,13,15). The minimum absolute atomic E-state index is 0.119. The Balaban J connectivity index is 2.80. The molecule has 0 aliphatic carbocycles. The van der Waals surface area contributed by atoms with E-state index in [0.29, 0.717) is 11.7 Å². The molecule has 18 heavy (non-hydrogen) atoms. The van der Waals surface area contributed by atoms with Crippen LogP contribution in [-0.4, -0.2) is 36.1 Å². The lowest BCUT2D eigenvalue weighted by molar-refractivity contribution is -0.113. The van der Waals surface area contributed by atoms with E-state index in [2.05, 4.69) is 24.3 Å². The number of carbonyl (C=O) groups is 1. The second kappa shape index (κ2) is 5.51. The average molecular weight is 273 g/mol. The molecule has 1 amide bonds. The van der Waals surface area contributed by atoms with Gasteiger partial charge in [0.1, 0.15) is 11.6 Å². The number of hydrogen-bond acceptors (Lipinski definition) is 4. The topological polar surface area (TPSA) is 81.1 Å². The van der Waals surface area contributed by atoms with Crippen molar-refractivity contribution in [3.8, 4) is 0 Å². The number of hydrogen-bond donors (Lipinski definition) is 1. The highest BCUT2D eigenvalue weighted by Crippen LogP contribution is 2.20. The molecule has 0 bridgehead atoms. The highest BCUT2D eigenvalue weighted by Gasteiger charge is 2.17. The lowest BCUT2D eigenvalue weighted by atomic mass is 10.1. The third kappa shape index (κ3) is 4.14. The van der Waals surface area contributed by atoms with Crippen molar-refractivity contribution in [1.82, 2.24) is 9.78 Å². The summed E-state index contributed by atoms with van der Waals surface area (Å²) in [6, 6.07) is 1.77. The van der Waals surface area contributed by atoms with Crippen molar-refractivity contribution in [3.05, 3.63) is 12.3 Å². The van der Waals surface area contributed by atoms with Gasteiger partial charge in [-0.1, -0.05) is 13.8 Å². The molecule has 0 aromatic carbocycles. The van der Waals surface area contributed by atoms with Crippen LogP contribution < -0.4 is 5.32 Å². The minimum Gasteiger partial charge on any atom is -0.310 e. The highest BCUT2D eigenvalue weighted by atomic mass is 32.2. The molecule has 1 aromatic rings. The molecule has 0 radical (unpaired) electrons. The van der Waals surface area contributed by atoms with Gasteiger partial charge in [0.2, 0.25) is 5.91 Å². The van der Waals surface area contributed by atoms with E-state index in [9.17, 15) is 13.2 Å². The second-order valence-corrected chi connectivity index (χ2v) is 6.90. The van der Waals surface area contributed by atoms with E-state index in [-0.39, 0.29) is 6.04 Å². The van der Waals surface area contributed by atoms with Gasteiger partial charge in [0.15, 0.2) is 9.84 Å². The summed E-state index contributed by atoms with van der Waals surface area (Å²) in [5.74, 6) is -0.190. The molecule has 102 valence electrons. The van der Waals surface area contributed by atoms with E-state index < -0.39 is 21.5 Å².